The lowest BCUT2D eigenvalue weighted by molar-refractivity contribution is -0.157. The molecule has 0 unspecified atom stereocenters. The average Bonchev–Trinajstić information content (AvgIpc) is 2.57. The number of hydrogen-bond donors (Lipinski definition) is 2. The van der Waals surface area contributed by atoms with Crippen LogP contribution in [-0.2, 0) is 14.3 Å². The summed E-state index contributed by atoms with van der Waals surface area (Å²) in [6, 6.07) is 6.50. The van der Waals surface area contributed by atoms with E-state index in [1.807, 2.05) is 20.8 Å². The highest BCUT2D eigenvalue weighted by atomic mass is 35.5. The third-order valence-corrected chi connectivity index (χ3v) is 4.55. The van der Waals surface area contributed by atoms with Gasteiger partial charge in [-0.25, -0.2) is 0 Å². The third-order valence-electron chi connectivity index (χ3n) is 4.30. The Morgan fingerprint density at radius 2 is 1.69 bits per heavy atom. The van der Waals surface area contributed by atoms with Gasteiger partial charge in [-0.05, 0) is 56.9 Å². The zero-order valence-corrected chi connectivity index (χ0v) is 19.0. The fourth-order valence-corrected chi connectivity index (χ4v) is 2.71. The van der Waals surface area contributed by atoms with Crippen molar-refractivity contribution in [1.82, 2.24) is 5.32 Å². The van der Waals surface area contributed by atoms with E-state index < -0.39 is 23.5 Å². The molecule has 0 aliphatic rings. The number of nitrogens with one attached hydrogen (secondary N) is 1. The first-order valence-corrected chi connectivity index (χ1v) is 10.2. The van der Waals surface area contributed by atoms with Crippen LogP contribution < -0.4 is 10.1 Å². The molecule has 2 N–H and O–H groups in total. The average molecular weight is 428 g/mol. The number of carbonyl (C=O) groups excluding carboxylic acids is 2. The molecule has 164 valence electrons. The standard InChI is InChI=1S/C22H34ClNO5/c1-21(2,3)18(14-25)24-20(27)15(13-19(26)29-22(4,5)6)11-12-28-17-9-7-16(23)8-10-17/h7-10,15,18,25H,11-14H2,1-6H3,(H,24,27)/t15-,18-/m1/s1. The summed E-state index contributed by atoms with van der Waals surface area (Å²) in [4.78, 5) is 25.1. The summed E-state index contributed by atoms with van der Waals surface area (Å²) in [5.41, 5.74) is -0.947. The number of halogens is 1. The highest BCUT2D eigenvalue weighted by Crippen LogP contribution is 2.22. The lowest BCUT2D eigenvalue weighted by Crippen LogP contribution is -2.48. The number of amides is 1. The maximum absolute atomic E-state index is 12.8. The van der Waals surface area contributed by atoms with E-state index in [1.165, 1.54) is 0 Å². The summed E-state index contributed by atoms with van der Waals surface area (Å²) < 4.78 is 11.1. The Morgan fingerprint density at radius 1 is 1.10 bits per heavy atom. The second kappa shape index (κ2) is 10.8. The molecule has 2 atom stereocenters. The molecule has 1 amide bonds. The van der Waals surface area contributed by atoms with E-state index >= 15 is 0 Å². The van der Waals surface area contributed by atoms with Gasteiger partial charge in [-0.1, -0.05) is 32.4 Å². The maximum Gasteiger partial charge on any atom is 0.307 e. The number of esters is 1. The fraction of sp³-hybridized carbons (Fsp3) is 0.636. The van der Waals surface area contributed by atoms with Gasteiger partial charge in [-0.3, -0.25) is 9.59 Å². The van der Waals surface area contributed by atoms with Crippen molar-refractivity contribution in [2.24, 2.45) is 11.3 Å². The second-order valence-electron chi connectivity index (χ2n) is 9.19. The SMILES string of the molecule is CC(C)(C)OC(=O)C[C@@H](CCOc1ccc(Cl)cc1)C(=O)N[C@H](CO)C(C)(C)C. The number of aliphatic hydroxyl groups is 1. The molecule has 0 heterocycles. The Balaban J connectivity index is 2.79. The molecule has 1 rings (SSSR count). The molecule has 29 heavy (non-hydrogen) atoms. The molecule has 1 aromatic rings. The van der Waals surface area contributed by atoms with Gasteiger partial charge in [0.15, 0.2) is 0 Å². The lowest BCUT2D eigenvalue weighted by atomic mass is 9.86. The molecule has 0 radical (unpaired) electrons. The molecule has 1 aromatic carbocycles. The van der Waals surface area contributed by atoms with Gasteiger partial charge in [0.25, 0.3) is 0 Å². The molecule has 0 spiro atoms. The van der Waals surface area contributed by atoms with Crippen molar-refractivity contribution in [3.63, 3.8) is 0 Å². The number of hydrogen-bond acceptors (Lipinski definition) is 5. The van der Waals surface area contributed by atoms with Gasteiger partial charge in [-0.2, -0.15) is 0 Å². The van der Waals surface area contributed by atoms with E-state index in [9.17, 15) is 14.7 Å². The quantitative estimate of drug-likeness (QED) is 0.582. The third kappa shape index (κ3) is 9.99. The minimum atomic E-state index is -0.631. The van der Waals surface area contributed by atoms with Crippen LogP contribution in [0.1, 0.15) is 54.4 Å². The van der Waals surface area contributed by atoms with Crippen LogP contribution in [0.25, 0.3) is 0 Å². The van der Waals surface area contributed by atoms with Crippen molar-refractivity contribution in [1.29, 1.82) is 0 Å². The van der Waals surface area contributed by atoms with Crippen molar-refractivity contribution in [3.8, 4) is 5.75 Å². The first kappa shape index (κ1) is 25.2. The Kier molecular flexibility index (Phi) is 9.43. The Morgan fingerprint density at radius 3 is 2.17 bits per heavy atom. The first-order chi connectivity index (χ1) is 13.3. The topological polar surface area (TPSA) is 84.9 Å². The zero-order chi connectivity index (χ0) is 22.2. The van der Waals surface area contributed by atoms with Crippen LogP contribution >= 0.6 is 11.6 Å². The molecular formula is C22H34ClNO5. The Hall–Kier alpha value is -1.79. The van der Waals surface area contributed by atoms with Crippen LogP contribution in [0.15, 0.2) is 24.3 Å². The van der Waals surface area contributed by atoms with Gasteiger partial charge < -0.3 is 19.9 Å². The number of ether oxygens (including phenoxy) is 2. The summed E-state index contributed by atoms with van der Waals surface area (Å²) in [6.45, 7) is 11.2. The number of aliphatic hydroxyl groups excluding tert-OH is 1. The van der Waals surface area contributed by atoms with Crippen molar-refractivity contribution < 1.29 is 24.2 Å². The lowest BCUT2D eigenvalue weighted by Gasteiger charge is -2.31. The van der Waals surface area contributed by atoms with Crippen molar-refractivity contribution in [2.45, 2.75) is 66.0 Å². The van der Waals surface area contributed by atoms with Crippen LogP contribution in [-0.4, -0.2) is 41.8 Å². The number of benzene rings is 1. The molecule has 0 saturated carbocycles. The number of rotatable bonds is 9. The highest BCUT2D eigenvalue weighted by Gasteiger charge is 2.30. The largest absolute Gasteiger partial charge is 0.494 e. The molecular weight excluding hydrogens is 394 g/mol. The molecule has 0 bridgehead atoms. The number of carbonyl (C=O) groups is 2. The van der Waals surface area contributed by atoms with Crippen LogP contribution in [0, 0.1) is 11.3 Å². The van der Waals surface area contributed by atoms with Gasteiger partial charge in [0.05, 0.1) is 31.6 Å². The monoisotopic (exact) mass is 427 g/mol. The van der Waals surface area contributed by atoms with E-state index in [-0.39, 0.29) is 31.0 Å². The molecule has 0 aromatic heterocycles. The maximum atomic E-state index is 12.8. The molecule has 0 aliphatic heterocycles. The Bertz CT molecular complexity index is 661. The molecule has 6 nitrogen and oxygen atoms in total. The first-order valence-electron chi connectivity index (χ1n) is 9.83. The summed E-state index contributed by atoms with van der Waals surface area (Å²) in [5, 5.41) is 13.1. The van der Waals surface area contributed by atoms with Gasteiger partial charge in [0.2, 0.25) is 5.91 Å². The van der Waals surface area contributed by atoms with Gasteiger partial charge >= 0.3 is 5.97 Å². The zero-order valence-electron chi connectivity index (χ0n) is 18.3. The predicted molar refractivity (Wildman–Crippen MR) is 114 cm³/mol. The van der Waals surface area contributed by atoms with Crippen molar-refractivity contribution in [3.05, 3.63) is 29.3 Å². The molecule has 7 heteroatoms. The van der Waals surface area contributed by atoms with Crippen molar-refractivity contribution >= 4 is 23.5 Å². The highest BCUT2D eigenvalue weighted by molar-refractivity contribution is 6.30. The van der Waals surface area contributed by atoms with Crippen LogP contribution in [0.3, 0.4) is 0 Å². The smallest absolute Gasteiger partial charge is 0.307 e. The van der Waals surface area contributed by atoms with E-state index in [0.29, 0.717) is 17.2 Å². The van der Waals surface area contributed by atoms with Crippen LogP contribution in [0.4, 0.5) is 0 Å². The summed E-state index contributed by atoms with van der Waals surface area (Å²) in [7, 11) is 0. The summed E-state index contributed by atoms with van der Waals surface area (Å²) in [6.07, 6.45) is 0.269. The fourth-order valence-electron chi connectivity index (χ4n) is 2.59. The van der Waals surface area contributed by atoms with Crippen LogP contribution in [0.2, 0.25) is 5.02 Å². The van der Waals surface area contributed by atoms with Crippen LogP contribution in [0.5, 0.6) is 5.75 Å². The minimum Gasteiger partial charge on any atom is -0.494 e. The molecule has 0 saturated heterocycles. The Labute approximate surface area is 178 Å². The van der Waals surface area contributed by atoms with E-state index in [2.05, 4.69) is 5.32 Å². The van der Waals surface area contributed by atoms with E-state index in [0.717, 1.165) is 0 Å². The minimum absolute atomic E-state index is 0.0601. The van der Waals surface area contributed by atoms with E-state index in [1.54, 1.807) is 45.0 Å². The summed E-state index contributed by atoms with van der Waals surface area (Å²) >= 11 is 5.87. The van der Waals surface area contributed by atoms with Crippen molar-refractivity contribution in [2.75, 3.05) is 13.2 Å². The van der Waals surface area contributed by atoms with Gasteiger partial charge in [0, 0.05) is 5.02 Å². The summed E-state index contributed by atoms with van der Waals surface area (Å²) in [5.74, 6) is -0.743. The second-order valence-corrected chi connectivity index (χ2v) is 9.62. The molecule has 0 aliphatic carbocycles. The van der Waals surface area contributed by atoms with Gasteiger partial charge in [0.1, 0.15) is 11.4 Å². The molecule has 0 fully saturated rings. The van der Waals surface area contributed by atoms with Gasteiger partial charge in [-0.15, -0.1) is 0 Å². The predicted octanol–water partition coefficient (Wildman–Crippen LogP) is 3.98. The van der Waals surface area contributed by atoms with E-state index in [4.69, 9.17) is 21.1 Å². The normalized spacial score (nSPS) is 14.1.